The first-order valence-electron chi connectivity index (χ1n) is 7.39. The average molecular weight is 367 g/mol. The molecule has 0 radical (unpaired) electrons. The van der Waals surface area contributed by atoms with Crippen molar-refractivity contribution in [3.05, 3.63) is 59.9 Å². The third-order valence-corrected chi connectivity index (χ3v) is 5.07. The van der Waals surface area contributed by atoms with Gasteiger partial charge in [0.1, 0.15) is 13.2 Å². The summed E-state index contributed by atoms with van der Waals surface area (Å²) in [6.45, 7) is -0.125. The van der Waals surface area contributed by atoms with E-state index >= 15 is 0 Å². The molecule has 0 fully saturated rings. The van der Waals surface area contributed by atoms with Crippen LogP contribution in [0.1, 0.15) is 10.4 Å². The largest absolute Gasteiger partial charge is 0.487 e. The van der Waals surface area contributed by atoms with Crippen molar-refractivity contribution in [1.82, 2.24) is 4.31 Å². The van der Waals surface area contributed by atoms with Crippen LogP contribution in [0.5, 0.6) is 5.75 Å². The van der Waals surface area contributed by atoms with Gasteiger partial charge in [-0.3, -0.25) is 0 Å². The van der Waals surface area contributed by atoms with Gasteiger partial charge < -0.3 is 9.47 Å². The number of rotatable bonds is 7. The van der Waals surface area contributed by atoms with Crippen molar-refractivity contribution in [2.45, 2.75) is 4.90 Å². The summed E-state index contributed by atoms with van der Waals surface area (Å²) >= 11 is 0. The van der Waals surface area contributed by atoms with E-state index in [-0.39, 0.29) is 29.4 Å². The number of hydrogen-bond donors (Lipinski definition) is 0. The summed E-state index contributed by atoms with van der Waals surface area (Å²) < 4.78 is 48.8. The molecule has 0 N–H and O–H groups in total. The van der Waals surface area contributed by atoms with Crippen molar-refractivity contribution in [3.8, 4) is 5.75 Å². The molecule has 25 heavy (non-hydrogen) atoms. The number of halogens is 1. The number of ether oxygens (including phenoxy) is 2. The molecule has 0 amide bonds. The van der Waals surface area contributed by atoms with E-state index in [2.05, 4.69) is 0 Å². The van der Waals surface area contributed by atoms with Crippen molar-refractivity contribution in [3.63, 3.8) is 0 Å². The van der Waals surface area contributed by atoms with E-state index in [9.17, 15) is 17.6 Å². The van der Waals surface area contributed by atoms with Crippen molar-refractivity contribution in [1.29, 1.82) is 0 Å². The first-order chi connectivity index (χ1) is 11.8. The van der Waals surface area contributed by atoms with E-state index in [4.69, 9.17) is 9.47 Å². The summed E-state index contributed by atoms with van der Waals surface area (Å²) in [5.41, 5.74) is 0.105. The molecule has 0 aliphatic carbocycles. The molecule has 134 valence electrons. The molecule has 8 heteroatoms. The Bertz CT molecular complexity index is 852. The number of nitrogens with zero attached hydrogens (tertiary/aromatic N) is 1. The number of para-hydroxylation sites is 1. The highest BCUT2D eigenvalue weighted by Gasteiger charge is 2.19. The maximum atomic E-state index is 13.4. The van der Waals surface area contributed by atoms with Gasteiger partial charge in [0, 0.05) is 14.1 Å². The lowest BCUT2D eigenvalue weighted by molar-refractivity contribution is 0.0448. The molecular weight excluding hydrogens is 349 g/mol. The Balaban J connectivity index is 1.94. The van der Waals surface area contributed by atoms with Crippen molar-refractivity contribution >= 4 is 16.0 Å². The SMILES string of the molecule is CN(C)S(=O)(=O)c1cccc(C(=O)OCCOc2ccccc2F)c1. The molecular formula is C17H18FNO5S. The summed E-state index contributed by atoms with van der Waals surface area (Å²) in [5.74, 6) is -1.12. The number of carbonyl (C=O) groups excluding carboxylic acids is 1. The minimum absolute atomic E-state index is 0.00504. The summed E-state index contributed by atoms with van der Waals surface area (Å²) in [4.78, 5) is 12.0. The summed E-state index contributed by atoms with van der Waals surface area (Å²) in [5, 5.41) is 0. The van der Waals surface area contributed by atoms with Gasteiger partial charge in [-0.15, -0.1) is 0 Å². The smallest absolute Gasteiger partial charge is 0.338 e. The van der Waals surface area contributed by atoms with Crippen LogP contribution in [0.2, 0.25) is 0 Å². The van der Waals surface area contributed by atoms with Crippen LogP contribution in [0.3, 0.4) is 0 Å². The standard InChI is InChI=1S/C17H18FNO5S/c1-19(2)25(21,22)14-7-5-6-13(12-14)17(20)24-11-10-23-16-9-4-3-8-15(16)18/h3-9,12H,10-11H2,1-2H3. The predicted octanol–water partition coefficient (Wildman–Crippen LogP) is 2.31. The lowest BCUT2D eigenvalue weighted by Crippen LogP contribution is -2.22. The summed E-state index contributed by atoms with van der Waals surface area (Å²) in [7, 11) is -0.833. The third-order valence-electron chi connectivity index (χ3n) is 3.26. The number of sulfonamides is 1. The molecule has 2 rings (SSSR count). The van der Waals surface area contributed by atoms with Gasteiger partial charge in [-0.25, -0.2) is 21.9 Å². The number of carbonyl (C=O) groups is 1. The Kier molecular flexibility index (Phi) is 6.11. The minimum Gasteiger partial charge on any atom is -0.487 e. The zero-order chi connectivity index (χ0) is 18.4. The van der Waals surface area contributed by atoms with Gasteiger partial charge in [0.05, 0.1) is 10.5 Å². The van der Waals surface area contributed by atoms with Crippen LogP contribution in [0.15, 0.2) is 53.4 Å². The van der Waals surface area contributed by atoms with Gasteiger partial charge in [0.2, 0.25) is 10.0 Å². The first-order valence-corrected chi connectivity index (χ1v) is 8.83. The Morgan fingerprint density at radius 2 is 1.80 bits per heavy atom. The van der Waals surface area contributed by atoms with Crippen LogP contribution < -0.4 is 4.74 Å². The molecule has 0 saturated carbocycles. The Morgan fingerprint density at radius 3 is 2.48 bits per heavy atom. The molecule has 2 aromatic carbocycles. The second-order valence-corrected chi connectivity index (χ2v) is 7.38. The highest BCUT2D eigenvalue weighted by Crippen LogP contribution is 2.16. The number of benzene rings is 2. The van der Waals surface area contributed by atoms with E-state index in [0.29, 0.717) is 0 Å². The average Bonchev–Trinajstić information content (AvgIpc) is 2.60. The van der Waals surface area contributed by atoms with Crippen LogP contribution in [-0.4, -0.2) is 46.0 Å². The van der Waals surface area contributed by atoms with E-state index in [0.717, 1.165) is 4.31 Å². The molecule has 0 aliphatic heterocycles. The van der Waals surface area contributed by atoms with E-state index < -0.39 is 21.8 Å². The summed E-state index contributed by atoms with van der Waals surface area (Å²) in [6.07, 6.45) is 0. The molecule has 0 aromatic heterocycles. The molecule has 0 heterocycles. The molecule has 0 unspecified atom stereocenters. The van der Waals surface area contributed by atoms with Crippen molar-refractivity contribution < 1.29 is 27.1 Å². The monoisotopic (exact) mass is 367 g/mol. The molecule has 2 aromatic rings. The van der Waals surface area contributed by atoms with Gasteiger partial charge in [-0.2, -0.15) is 0 Å². The van der Waals surface area contributed by atoms with Crippen LogP contribution in [0, 0.1) is 5.82 Å². The van der Waals surface area contributed by atoms with Crippen LogP contribution in [0.25, 0.3) is 0 Å². The number of hydrogen-bond acceptors (Lipinski definition) is 5. The summed E-state index contributed by atoms with van der Waals surface area (Å²) in [6, 6.07) is 11.4. The fraction of sp³-hybridized carbons (Fsp3) is 0.235. The molecule has 0 spiro atoms. The zero-order valence-electron chi connectivity index (χ0n) is 13.8. The van der Waals surface area contributed by atoms with E-state index in [1.807, 2.05) is 0 Å². The highest BCUT2D eigenvalue weighted by molar-refractivity contribution is 7.89. The lowest BCUT2D eigenvalue weighted by Gasteiger charge is -2.12. The highest BCUT2D eigenvalue weighted by atomic mass is 32.2. The van der Waals surface area contributed by atoms with Gasteiger partial charge in [0.15, 0.2) is 11.6 Å². The van der Waals surface area contributed by atoms with Crippen LogP contribution in [0.4, 0.5) is 4.39 Å². The normalized spacial score (nSPS) is 11.4. The molecule has 0 bridgehead atoms. The lowest BCUT2D eigenvalue weighted by atomic mass is 10.2. The van der Waals surface area contributed by atoms with Gasteiger partial charge >= 0.3 is 5.97 Å². The van der Waals surface area contributed by atoms with Crippen molar-refractivity contribution in [2.75, 3.05) is 27.3 Å². The molecule has 0 saturated heterocycles. The second kappa shape index (κ2) is 8.09. The number of esters is 1. The zero-order valence-corrected chi connectivity index (χ0v) is 14.6. The second-order valence-electron chi connectivity index (χ2n) is 5.23. The maximum absolute atomic E-state index is 13.4. The van der Waals surface area contributed by atoms with Gasteiger partial charge in [0.25, 0.3) is 0 Å². The topological polar surface area (TPSA) is 72.9 Å². The Labute approximate surface area is 145 Å². The molecule has 0 aliphatic rings. The van der Waals surface area contributed by atoms with E-state index in [1.165, 1.54) is 56.6 Å². The third kappa shape index (κ3) is 4.77. The Morgan fingerprint density at radius 1 is 1.08 bits per heavy atom. The predicted molar refractivity (Wildman–Crippen MR) is 89.5 cm³/mol. The maximum Gasteiger partial charge on any atom is 0.338 e. The van der Waals surface area contributed by atoms with E-state index in [1.54, 1.807) is 6.07 Å². The van der Waals surface area contributed by atoms with Gasteiger partial charge in [-0.1, -0.05) is 18.2 Å². The van der Waals surface area contributed by atoms with Crippen LogP contribution in [-0.2, 0) is 14.8 Å². The first kappa shape index (κ1) is 18.9. The van der Waals surface area contributed by atoms with Crippen LogP contribution >= 0.6 is 0 Å². The van der Waals surface area contributed by atoms with Gasteiger partial charge in [-0.05, 0) is 30.3 Å². The quantitative estimate of drug-likeness (QED) is 0.555. The molecule has 6 nitrogen and oxygen atoms in total. The fourth-order valence-electron chi connectivity index (χ4n) is 1.93. The van der Waals surface area contributed by atoms with Crippen molar-refractivity contribution in [2.24, 2.45) is 0 Å². The Hall–Kier alpha value is -2.45. The minimum atomic E-state index is -3.64. The molecule has 0 atom stereocenters. The fourth-order valence-corrected chi connectivity index (χ4v) is 2.87.